The molecular formula is C19H25N5O3. The maximum Gasteiger partial charge on any atom is 0.329 e. The first-order valence-corrected chi connectivity index (χ1v) is 9.32. The molecule has 1 aromatic heterocycles. The highest BCUT2D eigenvalue weighted by atomic mass is 16.2. The third kappa shape index (κ3) is 2.66. The Morgan fingerprint density at radius 2 is 2.11 bits per heavy atom. The van der Waals surface area contributed by atoms with Gasteiger partial charge in [0.2, 0.25) is 5.91 Å². The second-order valence-electron chi connectivity index (χ2n) is 7.69. The lowest BCUT2D eigenvalue weighted by molar-refractivity contribution is -0.124. The van der Waals surface area contributed by atoms with Gasteiger partial charge in [-0.1, -0.05) is 6.07 Å². The van der Waals surface area contributed by atoms with E-state index >= 15 is 0 Å². The molecule has 1 spiro atoms. The zero-order valence-corrected chi connectivity index (χ0v) is 15.7. The van der Waals surface area contributed by atoms with E-state index in [4.69, 9.17) is 0 Å². The quantitative estimate of drug-likeness (QED) is 0.699. The van der Waals surface area contributed by atoms with Gasteiger partial charge in [-0.3, -0.25) is 13.9 Å². The van der Waals surface area contributed by atoms with Gasteiger partial charge in [0.15, 0.2) is 0 Å². The standard InChI is InChI=1S/C19H25N5O3/c1-20-17(26)15(7-4-8-25)24-14-6-3-5-13(16(14)22(2)18(24)27)23-11-19(12-23)9-21-10-19/h3,5-6,8,15,21H,4,7,9-12H2,1-2H3,(H,20,26). The molecule has 2 saturated heterocycles. The maximum atomic E-state index is 13.0. The third-order valence-corrected chi connectivity index (χ3v) is 5.89. The van der Waals surface area contributed by atoms with E-state index in [9.17, 15) is 14.4 Å². The molecule has 0 aliphatic carbocycles. The number of hydrogen-bond donors (Lipinski definition) is 2. The van der Waals surface area contributed by atoms with Gasteiger partial charge < -0.3 is 20.3 Å². The minimum atomic E-state index is -0.704. The van der Waals surface area contributed by atoms with Crippen LogP contribution in [0, 0.1) is 5.41 Å². The first-order valence-electron chi connectivity index (χ1n) is 9.32. The molecule has 0 bridgehead atoms. The number of fused-ring (bicyclic) bond motifs is 1. The molecule has 27 heavy (non-hydrogen) atoms. The van der Waals surface area contributed by atoms with Crippen LogP contribution >= 0.6 is 0 Å². The molecule has 2 aromatic rings. The Hall–Kier alpha value is -2.61. The van der Waals surface area contributed by atoms with Gasteiger partial charge in [-0.2, -0.15) is 0 Å². The number of hydrogen-bond acceptors (Lipinski definition) is 5. The Labute approximate surface area is 157 Å². The van der Waals surface area contributed by atoms with E-state index in [-0.39, 0.29) is 18.0 Å². The molecule has 2 fully saturated rings. The van der Waals surface area contributed by atoms with Crippen molar-refractivity contribution >= 4 is 28.9 Å². The summed E-state index contributed by atoms with van der Waals surface area (Å²) < 4.78 is 3.15. The van der Waals surface area contributed by atoms with Gasteiger partial charge in [-0.25, -0.2) is 4.79 Å². The van der Waals surface area contributed by atoms with Crippen LogP contribution in [0.25, 0.3) is 11.0 Å². The molecule has 3 heterocycles. The second kappa shape index (κ2) is 6.53. The summed E-state index contributed by atoms with van der Waals surface area (Å²) >= 11 is 0. The van der Waals surface area contributed by atoms with Crippen molar-refractivity contribution in [1.29, 1.82) is 0 Å². The minimum Gasteiger partial charge on any atom is -0.368 e. The highest BCUT2D eigenvalue weighted by Crippen LogP contribution is 2.40. The van der Waals surface area contributed by atoms with Crippen LogP contribution in [-0.2, 0) is 16.6 Å². The Kier molecular flexibility index (Phi) is 4.30. The summed E-state index contributed by atoms with van der Waals surface area (Å²) in [5, 5.41) is 5.95. The van der Waals surface area contributed by atoms with Crippen molar-refractivity contribution in [2.75, 3.05) is 38.1 Å². The van der Waals surface area contributed by atoms with Gasteiger partial charge in [-0.15, -0.1) is 0 Å². The van der Waals surface area contributed by atoms with Crippen molar-refractivity contribution in [3.63, 3.8) is 0 Å². The predicted octanol–water partition coefficient (Wildman–Crippen LogP) is 0.0158. The maximum absolute atomic E-state index is 13.0. The van der Waals surface area contributed by atoms with Crippen molar-refractivity contribution < 1.29 is 9.59 Å². The molecule has 8 heteroatoms. The van der Waals surface area contributed by atoms with Crippen molar-refractivity contribution in [3.05, 3.63) is 28.7 Å². The number of aldehydes is 1. The topological polar surface area (TPSA) is 88.4 Å². The number of anilines is 1. The van der Waals surface area contributed by atoms with Gasteiger partial charge in [0.05, 0.1) is 16.7 Å². The van der Waals surface area contributed by atoms with E-state index in [1.165, 1.54) is 4.57 Å². The van der Waals surface area contributed by atoms with Crippen LogP contribution < -0.4 is 21.2 Å². The third-order valence-electron chi connectivity index (χ3n) is 5.89. The van der Waals surface area contributed by atoms with Gasteiger partial charge in [0.1, 0.15) is 12.3 Å². The zero-order chi connectivity index (χ0) is 19.2. The molecule has 4 rings (SSSR count). The normalized spacial score (nSPS) is 18.8. The Morgan fingerprint density at radius 3 is 2.70 bits per heavy atom. The number of nitrogens with zero attached hydrogens (tertiary/aromatic N) is 3. The monoisotopic (exact) mass is 371 g/mol. The van der Waals surface area contributed by atoms with E-state index in [1.54, 1.807) is 18.7 Å². The average Bonchev–Trinajstić information content (AvgIpc) is 2.85. The number of amides is 1. The van der Waals surface area contributed by atoms with Crippen LogP contribution in [0.4, 0.5) is 5.69 Å². The van der Waals surface area contributed by atoms with Crippen LogP contribution in [0.5, 0.6) is 0 Å². The number of aromatic nitrogens is 2. The van der Waals surface area contributed by atoms with Gasteiger partial charge >= 0.3 is 5.69 Å². The van der Waals surface area contributed by atoms with Gasteiger partial charge in [0, 0.05) is 52.1 Å². The summed E-state index contributed by atoms with van der Waals surface area (Å²) in [7, 11) is 3.29. The number of likely N-dealkylation sites (N-methyl/N-ethyl adjacent to an activating group) is 1. The minimum absolute atomic E-state index is 0.224. The summed E-state index contributed by atoms with van der Waals surface area (Å²) in [5.74, 6) is -0.264. The molecule has 0 saturated carbocycles. The number of para-hydroxylation sites is 1. The van der Waals surface area contributed by atoms with Crippen molar-refractivity contribution in [2.45, 2.75) is 18.9 Å². The molecule has 144 valence electrons. The van der Waals surface area contributed by atoms with Crippen LogP contribution in [0.2, 0.25) is 0 Å². The summed E-state index contributed by atoms with van der Waals surface area (Å²) in [6, 6.07) is 5.13. The van der Waals surface area contributed by atoms with Gasteiger partial charge in [0.25, 0.3) is 0 Å². The lowest BCUT2D eigenvalue weighted by Crippen LogP contribution is -2.71. The fourth-order valence-corrected chi connectivity index (χ4v) is 4.38. The fourth-order valence-electron chi connectivity index (χ4n) is 4.38. The number of benzene rings is 1. The first kappa shape index (κ1) is 17.8. The van der Waals surface area contributed by atoms with E-state index < -0.39 is 6.04 Å². The Bertz CT molecular complexity index is 948. The molecule has 8 nitrogen and oxygen atoms in total. The van der Waals surface area contributed by atoms with E-state index in [0.29, 0.717) is 11.8 Å². The Balaban J connectivity index is 1.79. The molecule has 0 radical (unpaired) electrons. The van der Waals surface area contributed by atoms with Crippen LogP contribution in [-0.4, -0.2) is 54.6 Å². The van der Waals surface area contributed by atoms with E-state index in [2.05, 4.69) is 15.5 Å². The zero-order valence-electron chi connectivity index (χ0n) is 15.7. The fraction of sp³-hybridized carbons (Fsp3) is 0.526. The van der Waals surface area contributed by atoms with E-state index in [0.717, 1.165) is 49.2 Å². The lowest BCUT2D eigenvalue weighted by Gasteiger charge is -2.57. The number of imidazole rings is 1. The molecule has 2 aliphatic heterocycles. The van der Waals surface area contributed by atoms with Crippen molar-refractivity contribution in [3.8, 4) is 0 Å². The number of aryl methyl sites for hydroxylation is 1. The average molecular weight is 371 g/mol. The number of carbonyl (C=O) groups excluding carboxylic acids is 2. The van der Waals surface area contributed by atoms with Crippen LogP contribution in [0.15, 0.2) is 23.0 Å². The molecule has 2 N–H and O–H groups in total. The smallest absolute Gasteiger partial charge is 0.329 e. The number of nitrogens with one attached hydrogen (secondary N) is 2. The van der Waals surface area contributed by atoms with Crippen molar-refractivity contribution in [1.82, 2.24) is 19.8 Å². The SMILES string of the molecule is CNC(=O)C(CCC=O)n1c(=O)n(C)c2c(N3CC4(CNC4)C3)cccc21. The predicted molar refractivity (Wildman–Crippen MR) is 103 cm³/mol. The summed E-state index contributed by atoms with van der Waals surface area (Å²) in [6.07, 6.45) is 1.30. The molecule has 1 amide bonds. The molecule has 1 aromatic carbocycles. The van der Waals surface area contributed by atoms with Crippen LogP contribution in [0.1, 0.15) is 18.9 Å². The molecule has 1 unspecified atom stereocenters. The highest BCUT2D eigenvalue weighted by molar-refractivity contribution is 5.92. The molecule has 1 atom stereocenters. The number of carbonyl (C=O) groups is 2. The second-order valence-corrected chi connectivity index (χ2v) is 7.69. The largest absolute Gasteiger partial charge is 0.368 e. The van der Waals surface area contributed by atoms with Crippen LogP contribution in [0.3, 0.4) is 0 Å². The Morgan fingerprint density at radius 1 is 1.37 bits per heavy atom. The number of rotatable bonds is 6. The van der Waals surface area contributed by atoms with Gasteiger partial charge in [-0.05, 0) is 18.6 Å². The summed E-state index contributed by atoms with van der Waals surface area (Å²) in [6.45, 7) is 4.04. The first-order chi connectivity index (χ1) is 13.0. The summed E-state index contributed by atoms with van der Waals surface area (Å²) in [5.41, 5.74) is 2.72. The summed E-state index contributed by atoms with van der Waals surface area (Å²) in [4.78, 5) is 38.6. The molecular weight excluding hydrogens is 346 g/mol. The van der Waals surface area contributed by atoms with Crippen molar-refractivity contribution in [2.24, 2.45) is 12.5 Å². The molecule has 2 aliphatic rings. The van der Waals surface area contributed by atoms with E-state index in [1.807, 2.05) is 18.2 Å². The highest BCUT2D eigenvalue weighted by Gasteiger charge is 2.48. The lowest BCUT2D eigenvalue weighted by atomic mass is 9.74.